The second-order valence-corrected chi connectivity index (χ2v) is 7.55. The Hall–Kier alpha value is -3.16. The van der Waals surface area contributed by atoms with Gasteiger partial charge in [-0.2, -0.15) is 0 Å². The average Bonchev–Trinajstić information content (AvgIpc) is 3.29. The van der Waals surface area contributed by atoms with Gasteiger partial charge in [0.1, 0.15) is 6.33 Å². The Morgan fingerprint density at radius 3 is 2.72 bits per heavy atom. The van der Waals surface area contributed by atoms with Gasteiger partial charge in [0, 0.05) is 37.8 Å². The first kappa shape index (κ1) is 19.2. The molecule has 1 fully saturated rings. The fourth-order valence-electron chi connectivity index (χ4n) is 3.68. The van der Waals surface area contributed by atoms with E-state index in [0.29, 0.717) is 6.42 Å². The lowest BCUT2D eigenvalue weighted by Gasteiger charge is -2.15. The second kappa shape index (κ2) is 8.46. The topological polar surface area (TPSA) is 88.0 Å². The molecule has 0 bridgehead atoms. The Kier molecular flexibility index (Phi) is 5.59. The maximum Gasteiger partial charge on any atom is 0.222 e. The van der Waals surface area contributed by atoms with E-state index in [9.17, 15) is 4.79 Å². The van der Waals surface area contributed by atoms with Gasteiger partial charge < -0.3 is 15.5 Å². The molecule has 152 valence electrons. The van der Waals surface area contributed by atoms with Crippen molar-refractivity contribution >= 4 is 34.5 Å². The molecule has 1 aliphatic rings. The largest absolute Gasteiger partial charge is 0.368 e. The molecule has 0 unspecified atom stereocenters. The van der Waals surface area contributed by atoms with E-state index in [-0.39, 0.29) is 11.9 Å². The standard InChI is InChI=1S/C21H27N7O/c1-15(2)28-20-18(26-21(28)25-16-8-4-3-5-9-16)19(23-14-24-20)22-11-7-13-27-12-6-10-17(27)29/h3-5,8-9,14-15H,6-7,10-13H2,1-2H3,(H,25,26)(H,22,23,24). The number of para-hydroxylation sites is 1. The van der Waals surface area contributed by atoms with Crippen molar-refractivity contribution in [3.63, 3.8) is 0 Å². The number of nitrogens with zero attached hydrogens (tertiary/aromatic N) is 5. The molecule has 8 nitrogen and oxygen atoms in total. The Morgan fingerprint density at radius 1 is 1.17 bits per heavy atom. The summed E-state index contributed by atoms with van der Waals surface area (Å²) in [6, 6.07) is 10.2. The van der Waals surface area contributed by atoms with E-state index in [2.05, 4.69) is 39.0 Å². The number of benzene rings is 1. The molecule has 29 heavy (non-hydrogen) atoms. The van der Waals surface area contributed by atoms with Crippen molar-refractivity contribution < 1.29 is 4.79 Å². The number of nitrogens with one attached hydrogen (secondary N) is 2. The number of fused-ring (bicyclic) bond motifs is 1. The molecule has 3 heterocycles. The molecule has 0 spiro atoms. The number of aromatic nitrogens is 4. The molecule has 2 N–H and O–H groups in total. The molecule has 4 rings (SSSR count). The first-order chi connectivity index (χ1) is 14.1. The quantitative estimate of drug-likeness (QED) is 0.569. The molecule has 1 aromatic carbocycles. The number of imidazole rings is 1. The average molecular weight is 393 g/mol. The molecular formula is C21H27N7O. The Balaban J connectivity index is 1.52. The second-order valence-electron chi connectivity index (χ2n) is 7.55. The zero-order valence-corrected chi connectivity index (χ0v) is 16.9. The molecule has 2 aromatic heterocycles. The molecule has 0 saturated carbocycles. The summed E-state index contributed by atoms with van der Waals surface area (Å²) in [5, 5.41) is 6.77. The zero-order chi connectivity index (χ0) is 20.2. The van der Waals surface area contributed by atoms with Crippen LogP contribution >= 0.6 is 0 Å². The number of carbonyl (C=O) groups is 1. The van der Waals surface area contributed by atoms with Crippen molar-refractivity contribution in [1.82, 2.24) is 24.4 Å². The van der Waals surface area contributed by atoms with Gasteiger partial charge in [0.05, 0.1) is 0 Å². The summed E-state index contributed by atoms with van der Waals surface area (Å²) in [6.07, 6.45) is 4.10. The normalized spacial score (nSPS) is 14.2. The molecule has 3 aromatic rings. The van der Waals surface area contributed by atoms with Gasteiger partial charge in [-0.15, -0.1) is 0 Å². The lowest BCUT2D eigenvalue weighted by molar-refractivity contribution is -0.127. The zero-order valence-electron chi connectivity index (χ0n) is 16.9. The number of hydrogen-bond acceptors (Lipinski definition) is 6. The van der Waals surface area contributed by atoms with Crippen LogP contribution in [0.15, 0.2) is 36.7 Å². The minimum absolute atomic E-state index is 0.190. The van der Waals surface area contributed by atoms with Crippen LogP contribution in [-0.2, 0) is 4.79 Å². The van der Waals surface area contributed by atoms with Gasteiger partial charge in [-0.25, -0.2) is 15.0 Å². The van der Waals surface area contributed by atoms with Crippen LogP contribution in [-0.4, -0.2) is 50.0 Å². The Morgan fingerprint density at radius 2 is 2.00 bits per heavy atom. The minimum Gasteiger partial charge on any atom is -0.368 e. The van der Waals surface area contributed by atoms with Gasteiger partial charge in [0.2, 0.25) is 11.9 Å². The third-order valence-electron chi connectivity index (χ3n) is 5.09. The number of anilines is 3. The van der Waals surface area contributed by atoms with Crippen LogP contribution in [0.5, 0.6) is 0 Å². The number of carbonyl (C=O) groups excluding carboxylic acids is 1. The third kappa shape index (κ3) is 4.16. The Bertz CT molecular complexity index is 983. The first-order valence-electron chi connectivity index (χ1n) is 10.2. The molecule has 1 amide bonds. The van der Waals surface area contributed by atoms with Crippen LogP contribution in [0.1, 0.15) is 39.2 Å². The van der Waals surface area contributed by atoms with E-state index in [1.54, 1.807) is 6.33 Å². The smallest absolute Gasteiger partial charge is 0.222 e. The van der Waals surface area contributed by atoms with Crippen molar-refractivity contribution in [2.24, 2.45) is 0 Å². The van der Waals surface area contributed by atoms with E-state index in [1.807, 2.05) is 35.2 Å². The van der Waals surface area contributed by atoms with Gasteiger partial charge in [0.25, 0.3) is 0 Å². The van der Waals surface area contributed by atoms with E-state index < -0.39 is 0 Å². The van der Waals surface area contributed by atoms with Gasteiger partial charge in [-0.3, -0.25) is 9.36 Å². The van der Waals surface area contributed by atoms with Gasteiger partial charge in [0.15, 0.2) is 17.0 Å². The van der Waals surface area contributed by atoms with Gasteiger partial charge in [-0.05, 0) is 38.8 Å². The summed E-state index contributed by atoms with van der Waals surface area (Å²) < 4.78 is 2.08. The highest BCUT2D eigenvalue weighted by atomic mass is 16.2. The summed E-state index contributed by atoms with van der Waals surface area (Å²) >= 11 is 0. The minimum atomic E-state index is 0.190. The summed E-state index contributed by atoms with van der Waals surface area (Å²) in [5.41, 5.74) is 2.52. The first-order valence-corrected chi connectivity index (χ1v) is 10.2. The van der Waals surface area contributed by atoms with E-state index in [4.69, 9.17) is 4.98 Å². The highest BCUT2D eigenvalue weighted by molar-refractivity contribution is 5.86. The molecule has 1 saturated heterocycles. The highest BCUT2D eigenvalue weighted by Gasteiger charge is 2.20. The Labute approximate surface area is 170 Å². The molecule has 0 atom stereocenters. The van der Waals surface area contributed by atoms with E-state index >= 15 is 0 Å². The molecule has 8 heteroatoms. The fraction of sp³-hybridized carbons (Fsp3) is 0.429. The summed E-state index contributed by atoms with van der Waals surface area (Å²) in [4.78, 5) is 27.4. The van der Waals surface area contributed by atoms with Crippen molar-refractivity contribution in [2.75, 3.05) is 30.3 Å². The van der Waals surface area contributed by atoms with Crippen LogP contribution in [0.2, 0.25) is 0 Å². The molecule has 0 radical (unpaired) electrons. The van der Waals surface area contributed by atoms with Crippen molar-refractivity contribution in [1.29, 1.82) is 0 Å². The molecular weight excluding hydrogens is 366 g/mol. The monoisotopic (exact) mass is 393 g/mol. The lowest BCUT2D eigenvalue weighted by Crippen LogP contribution is -2.27. The van der Waals surface area contributed by atoms with Crippen molar-refractivity contribution in [3.05, 3.63) is 36.7 Å². The van der Waals surface area contributed by atoms with Crippen LogP contribution in [0, 0.1) is 0 Å². The maximum absolute atomic E-state index is 11.7. The van der Waals surface area contributed by atoms with Crippen LogP contribution < -0.4 is 10.6 Å². The predicted molar refractivity (Wildman–Crippen MR) is 114 cm³/mol. The molecule has 1 aliphatic heterocycles. The van der Waals surface area contributed by atoms with E-state index in [0.717, 1.165) is 61.1 Å². The van der Waals surface area contributed by atoms with Gasteiger partial charge >= 0.3 is 0 Å². The number of amides is 1. The lowest BCUT2D eigenvalue weighted by atomic mass is 10.3. The summed E-state index contributed by atoms with van der Waals surface area (Å²) in [5.74, 6) is 1.73. The fourth-order valence-corrected chi connectivity index (χ4v) is 3.68. The molecule has 0 aliphatic carbocycles. The predicted octanol–water partition coefficient (Wildman–Crippen LogP) is 3.58. The van der Waals surface area contributed by atoms with Crippen LogP contribution in [0.4, 0.5) is 17.5 Å². The highest BCUT2D eigenvalue weighted by Crippen LogP contribution is 2.28. The van der Waals surface area contributed by atoms with Gasteiger partial charge in [-0.1, -0.05) is 18.2 Å². The SMILES string of the molecule is CC(C)n1c(Nc2ccccc2)nc2c(NCCCN3CCCC3=O)ncnc21. The number of hydrogen-bond donors (Lipinski definition) is 2. The number of rotatable bonds is 8. The van der Waals surface area contributed by atoms with Crippen LogP contribution in [0.3, 0.4) is 0 Å². The third-order valence-corrected chi connectivity index (χ3v) is 5.09. The van der Waals surface area contributed by atoms with E-state index in [1.165, 1.54) is 0 Å². The summed E-state index contributed by atoms with van der Waals surface area (Å²) in [7, 11) is 0. The summed E-state index contributed by atoms with van der Waals surface area (Å²) in [6.45, 7) is 6.61. The number of likely N-dealkylation sites (tertiary alicyclic amines) is 1. The maximum atomic E-state index is 11.7. The van der Waals surface area contributed by atoms with Crippen molar-refractivity contribution in [2.45, 2.75) is 39.2 Å². The van der Waals surface area contributed by atoms with Crippen LogP contribution in [0.25, 0.3) is 11.2 Å². The van der Waals surface area contributed by atoms with Crippen molar-refractivity contribution in [3.8, 4) is 0 Å².